The molecule has 2 aromatic rings. The molecular formula is C23H26F3N3O4. The minimum absolute atomic E-state index is 0.0254. The number of aryl methyl sites for hydroxylation is 1. The van der Waals surface area contributed by atoms with Gasteiger partial charge in [0.05, 0.1) is 19.2 Å². The Kier molecular flexibility index (Phi) is 8.84. The largest absolute Gasteiger partial charge is 0.497 e. The van der Waals surface area contributed by atoms with E-state index in [4.69, 9.17) is 14.4 Å². The van der Waals surface area contributed by atoms with Crippen LogP contribution in [0.15, 0.2) is 46.7 Å². The molecule has 0 saturated carbocycles. The SMILES string of the molecule is CNC(=O)/C(=N/OC)c1cccc(C)c1CO/N=C(\C)c1ccc(OC)cc1CC(F)(F)F. The molecule has 0 radical (unpaired) electrons. The van der Waals surface area contributed by atoms with Gasteiger partial charge in [-0.05, 0) is 43.2 Å². The van der Waals surface area contributed by atoms with Crippen molar-refractivity contribution in [3.8, 4) is 5.75 Å². The molecule has 0 saturated heterocycles. The Morgan fingerprint density at radius 3 is 2.42 bits per heavy atom. The Morgan fingerprint density at radius 1 is 1.09 bits per heavy atom. The first kappa shape index (κ1) is 25.7. The van der Waals surface area contributed by atoms with Gasteiger partial charge in [0.2, 0.25) is 0 Å². The van der Waals surface area contributed by atoms with Crippen LogP contribution in [0.5, 0.6) is 5.75 Å². The first-order chi connectivity index (χ1) is 15.6. The number of nitrogens with zero attached hydrogens (tertiary/aromatic N) is 2. The van der Waals surface area contributed by atoms with Crippen LogP contribution in [0.3, 0.4) is 0 Å². The highest BCUT2D eigenvalue weighted by Crippen LogP contribution is 2.27. The van der Waals surface area contributed by atoms with Crippen molar-refractivity contribution in [3.05, 3.63) is 64.2 Å². The third-order valence-corrected chi connectivity index (χ3v) is 4.79. The Labute approximate surface area is 190 Å². The van der Waals surface area contributed by atoms with Crippen molar-refractivity contribution in [1.29, 1.82) is 0 Å². The summed E-state index contributed by atoms with van der Waals surface area (Å²) in [7, 11) is 4.19. The third kappa shape index (κ3) is 6.96. The Morgan fingerprint density at radius 2 is 1.82 bits per heavy atom. The topological polar surface area (TPSA) is 81.5 Å². The van der Waals surface area contributed by atoms with E-state index in [0.29, 0.717) is 22.4 Å². The summed E-state index contributed by atoms with van der Waals surface area (Å²) in [6.45, 7) is 3.35. The predicted molar refractivity (Wildman–Crippen MR) is 119 cm³/mol. The van der Waals surface area contributed by atoms with E-state index < -0.39 is 18.5 Å². The molecule has 2 rings (SSSR count). The number of carbonyl (C=O) groups is 1. The van der Waals surface area contributed by atoms with Gasteiger partial charge in [-0.25, -0.2) is 0 Å². The normalized spacial score (nSPS) is 12.4. The van der Waals surface area contributed by atoms with Gasteiger partial charge in [-0.1, -0.05) is 28.5 Å². The van der Waals surface area contributed by atoms with E-state index in [2.05, 4.69) is 15.6 Å². The second-order valence-electron chi connectivity index (χ2n) is 7.07. The molecule has 0 unspecified atom stereocenters. The summed E-state index contributed by atoms with van der Waals surface area (Å²) in [5.74, 6) is -0.131. The summed E-state index contributed by atoms with van der Waals surface area (Å²) < 4.78 is 44.2. The van der Waals surface area contributed by atoms with E-state index in [1.54, 1.807) is 25.1 Å². The summed E-state index contributed by atoms with van der Waals surface area (Å²) in [4.78, 5) is 22.5. The van der Waals surface area contributed by atoms with Gasteiger partial charge >= 0.3 is 6.18 Å². The predicted octanol–water partition coefficient (Wildman–Crippen LogP) is 4.15. The average molecular weight is 465 g/mol. The van der Waals surface area contributed by atoms with Crippen LogP contribution < -0.4 is 10.1 Å². The molecule has 7 nitrogen and oxygen atoms in total. The van der Waals surface area contributed by atoms with Crippen LogP contribution in [0.1, 0.15) is 34.7 Å². The summed E-state index contributed by atoms with van der Waals surface area (Å²) in [5, 5.41) is 10.3. The number of ether oxygens (including phenoxy) is 1. The van der Waals surface area contributed by atoms with Crippen LogP contribution in [0.2, 0.25) is 0 Å². The van der Waals surface area contributed by atoms with Gasteiger partial charge in [-0.15, -0.1) is 0 Å². The first-order valence-corrected chi connectivity index (χ1v) is 9.94. The molecule has 1 amide bonds. The number of oxime groups is 2. The van der Waals surface area contributed by atoms with Gasteiger partial charge in [0.25, 0.3) is 5.91 Å². The molecule has 1 N–H and O–H groups in total. The van der Waals surface area contributed by atoms with Crippen LogP contribution in [0, 0.1) is 6.92 Å². The van der Waals surface area contributed by atoms with Crippen LogP contribution in [-0.4, -0.2) is 44.8 Å². The maximum absolute atomic E-state index is 13.0. The molecule has 0 atom stereocenters. The Balaban J connectivity index is 2.34. The summed E-state index contributed by atoms with van der Waals surface area (Å²) in [6.07, 6.45) is -5.52. The van der Waals surface area contributed by atoms with Gasteiger partial charge in [-0.3, -0.25) is 4.79 Å². The quantitative estimate of drug-likeness (QED) is 0.446. The van der Waals surface area contributed by atoms with Gasteiger partial charge in [0, 0.05) is 23.7 Å². The smallest absolute Gasteiger partial charge is 0.393 e. The van der Waals surface area contributed by atoms with Gasteiger partial charge < -0.3 is 19.7 Å². The number of amides is 1. The van der Waals surface area contributed by atoms with E-state index in [1.807, 2.05) is 13.0 Å². The molecule has 10 heteroatoms. The monoisotopic (exact) mass is 465 g/mol. The molecular weight excluding hydrogens is 439 g/mol. The number of alkyl halides is 3. The number of benzene rings is 2. The van der Waals surface area contributed by atoms with Crippen molar-refractivity contribution in [1.82, 2.24) is 5.32 Å². The fourth-order valence-electron chi connectivity index (χ4n) is 3.19. The molecule has 178 valence electrons. The minimum atomic E-state index is -4.39. The fourth-order valence-corrected chi connectivity index (χ4v) is 3.19. The lowest BCUT2D eigenvalue weighted by atomic mass is 9.98. The Hall–Kier alpha value is -3.56. The van der Waals surface area contributed by atoms with Gasteiger partial charge in [0.1, 0.15) is 19.5 Å². The lowest BCUT2D eigenvalue weighted by Crippen LogP contribution is -2.29. The standard InChI is InChI=1S/C23H26F3N3O4/c1-14-7-6-8-19(21(29-32-5)22(30)27-3)20(14)13-33-28-15(2)18-10-9-17(31-4)11-16(18)12-23(24,25)26/h6-11H,12-13H2,1-5H3,(H,27,30)/b28-15+,29-21+. The average Bonchev–Trinajstić information content (AvgIpc) is 2.76. The van der Waals surface area contributed by atoms with Crippen molar-refractivity contribution >= 4 is 17.3 Å². The van der Waals surface area contributed by atoms with Crippen LogP contribution in [0.4, 0.5) is 13.2 Å². The van der Waals surface area contributed by atoms with E-state index in [-0.39, 0.29) is 23.6 Å². The van der Waals surface area contributed by atoms with Gasteiger partial charge in [0.15, 0.2) is 5.71 Å². The summed E-state index contributed by atoms with van der Waals surface area (Å²) in [6, 6.07) is 9.69. The van der Waals surface area contributed by atoms with Crippen molar-refractivity contribution in [2.24, 2.45) is 10.3 Å². The number of likely N-dealkylation sites (N-methyl/N-ethyl adjacent to an activating group) is 1. The number of nitrogens with one attached hydrogen (secondary N) is 1. The van der Waals surface area contributed by atoms with Crippen LogP contribution in [0.25, 0.3) is 0 Å². The number of rotatable bonds is 9. The van der Waals surface area contributed by atoms with Crippen molar-refractivity contribution in [2.45, 2.75) is 33.1 Å². The molecule has 33 heavy (non-hydrogen) atoms. The second-order valence-corrected chi connectivity index (χ2v) is 7.07. The highest BCUT2D eigenvalue weighted by Gasteiger charge is 2.29. The van der Waals surface area contributed by atoms with E-state index >= 15 is 0 Å². The molecule has 0 bridgehead atoms. The molecule has 0 fully saturated rings. The second kappa shape index (κ2) is 11.3. The molecule has 0 aliphatic carbocycles. The summed E-state index contributed by atoms with van der Waals surface area (Å²) in [5.41, 5.74) is 2.59. The maximum Gasteiger partial charge on any atom is 0.393 e. The highest BCUT2D eigenvalue weighted by molar-refractivity contribution is 6.45. The number of hydrogen-bond donors (Lipinski definition) is 1. The first-order valence-electron chi connectivity index (χ1n) is 9.94. The zero-order chi connectivity index (χ0) is 24.6. The number of methoxy groups -OCH3 is 1. The zero-order valence-corrected chi connectivity index (χ0v) is 19.0. The number of halogens is 3. The van der Waals surface area contributed by atoms with Crippen molar-refractivity contribution < 1.29 is 32.4 Å². The van der Waals surface area contributed by atoms with Crippen molar-refractivity contribution in [2.75, 3.05) is 21.3 Å². The molecule has 0 aliphatic rings. The van der Waals surface area contributed by atoms with Gasteiger partial charge in [-0.2, -0.15) is 13.2 Å². The zero-order valence-electron chi connectivity index (χ0n) is 19.0. The minimum Gasteiger partial charge on any atom is -0.497 e. The van der Waals surface area contributed by atoms with E-state index in [9.17, 15) is 18.0 Å². The molecule has 2 aromatic carbocycles. The van der Waals surface area contributed by atoms with Crippen molar-refractivity contribution in [3.63, 3.8) is 0 Å². The Bertz CT molecular complexity index is 1050. The lowest BCUT2D eigenvalue weighted by Gasteiger charge is -2.14. The number of carbonyl (C=O) groups excluding carboxylic acids is 1. The van der Waals surface area contributed by atoms with E-state index in [1.165, 1.54) is 33.4 Å². The molecule has 0 aromatic heterocycles. The van der Waals surface area contributed by atoms with E-state index in [0.717, 1.165) is 5.56 Å². The molecule has 0 aliphatic heterocycles. The van der Waals surface area contributed by atoms with Crippen LogP contribution >= 0.6 is 0 Å². The highest BCUT2D eigenvalue weighted by atomic mass is 19.4. The maximum atomic E-state index is 13.0. The molecule has 0 spiro atoms. The lowest BCUT2D eigenvalue weighted by molar-refractivity contribution is -0.127. The third-order valence-electron chi connectivity index (χ3n) is 4.79. The summed E-state index contributed by atoms with van der Waals surface area (Å²) >= 11 is 0. The van der Waals surface area contributed by atoms with Crippen LogP contribution in [-0.2, 0) is 27.5 Å². The molecule has 0 heterocycles. The fraction of sp³-hybridized carbons (Fsp3) is 0.348. The number of hydrogen-bond acceptors (Lipinski definition) is 6.